The zero-order chi connectivity index (χ0) is 18.2. The number of thioether (sulfide) groups is 1. The van der Waals surface area contributed by atoms with Crippen LogP contribution in [0.1, 0.15) is 17.0 Å². The van der Waals surface area contributed by atoms with E-state index in [0.717, 1.165) is 11.3 Å². The third kappa shape index (κ3) is 5.19. The van der Waals surface area contributed by atoms with E-state index in [2.05, 4.69) is 21.3 Å². The molecule has 0 radical (unpaired) electrons. The quantitative estimate of drug-likeness (QED) is 0.502. The molecule has 1 heterocycles. The Bertz CT molecular complexity index is 914. The molecule has 0 aliphatic rings. The van der Waals surface area contributed by atoms with E-state index in [1.54, 1.807) is 42.5 Å². The van der Waals surface area contributed by atoms with Crippen LogP contribution in [0.3, 0.4) is 0 Å². The summed E-state index contributed by atoms with van der Waals surface area (Å²) < 4.78 is 18.5. The Labute approximate surface area is 154 Å². The fourth-order valence-electron chi connectivity index (χ4n) is 2.06. The number of nitrogens with one attached hydrogen (secondary N) is 1. The van der Waals surface area contributed by atoms with Crippen LogP contribution in [0.15, 0.2) is 53.7 Å². The van der Waals surface area contributed by atoms with Gasteiger partial charge in [0.1, 0.15) is 17.4 Å². The van der Waals surface area contributed by atoms with E-state index in [4.69, 9.17) is 10.00 Å². The first-order valence-corrected chi connectivity index (χ1v) is 8.83. The molecule has 0 spiro atoms. The van der Waals surface area contributed by atoms with Gasteiger partial charge in [-0.3, -0.25) is 5.10 Å². The molecule has 7 heteroatoms. The number of H-pyrrole nitrogens is 1. The number of aromatic nitrogens is 3. The summed E-state index contributed by atoms with van der Waals surface area (Å²) in [5, 5.41) is 16.4. The highest BCUT2D eigenvalue weighted by molar-refractivity contribution is 7.99. The van der Waals surface area contributed by atoms with Gasteiger partial charge in [0.05, 0.1) is 18.2 Å². The van der Waals surface area contributed by atoms with Gasteiger partial charge in [0.15, 0.2) is 0 Å². The summed E-state index contributed by atoms with van der Waals surface area (Å²) in [5.41, 5.74) is 1.49. The molecule has 0 atom stereocenters. The average molecular weight is 366 g/mol. The predicted octanol–water partition coefficient (Wildman–Crippen LogP) is 4.16. The minimum atomic E-state index is -0.260. The lowest BCUT2D eigenvalue weighted by molar-refractivity contribution is 0.344. The average Bonchev–Trinajstić information content (AvgIpc) is 3.13. The summed E-state index contributed by atoms with van der Waals surface area (Å²) in [7, 11) is 0. The molecular weight excluding hydrogens is 351 g/mol. The fourth-order valence-corrected chi connectivity index (χ4v) is 2.69. The first kappa shape index (κ1) is 17.7. The Balaban J connectivity index is 1.44. The molecule has 0 fully saturated rings. The van der Waals surface area contributed by atoms with Gasteiger partial charge in [0.2, 0.25) is 5.16 Å². The smallest absolute Gasteiger partial charge is 0.208 e. The second kappa shape index (κ2) is 8.83. The second-order valence-electron chi connectivity index (χ2n) is 5.22. The van der Waals surface area contributed by atoms with Crippen LogP contribution in [0.5, 0.6) is 5.75 Å². The third-order valence-electron chi connectivity index (χ3n) is 3.35. The van der Waals surface area contributed by atoms with Crippen molar-refractivity contribution in [3.8, 4) is 11.8 Å². The standard InChI is InChI=1S/C19H15FN4OS/c20-16-6-1-14(2-7-16)5-10-18-22-19(24-23-18)26-12-11-25-17-8-3-15(13-21)4-9-17/h1-10H,11-12H2,(H,22,23,24). The lowest BCUT2D eigenvalue weighted by atomic mass is 10.2. The zero-order valence-corrected chi connectivity index (χ0v) is 14.5. The molecule has 0 aliphatic heterocycles. The van der Waals surface area contributed by atoms with Gasteiger partial charge in [0, 0.05) is 5.75 Å². The molecule has 0 unspecified atom stereocenters. The van der Waals surface area contributed by atoms with Crippen LogP contribution in [0, 0.1) is 17.1 Å². The predicted molar refractivity (Wildman–Crippen MR) is 99.1 cm³/mol. The van der Waals surface area contributed by atoms with E-state index in [9.17, 15) is 4.39 Å². The number of hydrogen-bond acceptors (Lipinski definition) is 5. The lowest BCUT2D eigenvalue weighted by Gasteiger charge is -2.04. The molecule has 0 aliphatic carbocycles. The SMILES string of the molecule is N#Cc1ccc(OCCSc2n[nH]c(C=Cc3ccc(F)cc3)n2)cc1. The van der Waals surface area contributed by atoms with E-state index in [1.807, 2.05) is 6.08 Å². The number of ether oxygens (including phenoxy) is 1. The van der Waals surface area contributed by atoms with Gasteiger partial charge in [-0.1, -0.05) is 30.0 Å². The highest BCUT2D eigenvalue weighted by atomic mass is 32.2. The number of nitriles is 1. The molecule has 1 aromatic heterocycles. The Morgan fingerprint density at radius 3 is 2.62 bits per heavy atom. The van der Waals surface area contributed by atoms with Crippen LogP contribution in [0.2, 0.25) is 0 Å². The van der Waals surface area contributed by atoms with E-state index in [1.165, 1.54) is 23.9 Å². The van der Waals surface area contributed by atoms with Gasteiger partial charge >= 0.3 is 0 Å². The number of benzene rings is 2. The highest BCUT2D eigenvalue weighted by Gasteiger charge is 2.02. The summed E-state index contributed by atoms with van der Waals surface area (Å²) in [6.45, 7) is 0.506. The van der Waals surface area contributed by atoms with Crippen LogP contribution in [-0.4, -0.2) is 27.5 Å². The molecular formula is C19H15FN4OS. The van der Waals surface area contributed by atoms with Crippen molar-refractivity contribution in [2.24, 2.45) is 0 Å². The molecule has 0 bridgehead atoms. The van der Waals surface area contributed by atoms with Crippen LogP contribution in [0.4, 0.5) is 4.39 Å². The summed E-state index contributed by atoms with van der Waals surface area (Å²) in [4.78, 5) is 4.35. The Hall–Kier alpha value is -3.11. The van der Waals surface area contributed by atoms with Crippen molar-refractivity contribution >= 4 is 23.9 Å². The van der Waals surface area contributed by atoms with Crippen molar-refractivity contribution in [1.82, 2.24) is 15.2 Å². The van der Waals surface area contributed by atoms with Gasteiger partial charge < -0.3 is 4.74 Å². The van der Waals surface area contributed by atoms with Gasteiger partial charge in [0.25, 0.3) is 0 Å². The maximum atomic E-state index is 12.9. The molecule has 0 amide bonds. The molecule has 5 nitrogen and oxygen atoms in total. The largest absolute Gasteiger partial charge is 0.493 e. The van der Waals surface area contributed by atoms with Crippen LogP contribution in [-0.2, 0) is 0 Å². The van der Waals surface area contributed by atoms with Crippen LogP contribution < -0.4 is 4.74 Å². The molecule has 1 N–H and O–H groups in total. The van der Waals surface area contributed by atoms with Crippen molar-refractivity contribution < 1.29 is 9.13 Å². The van der Waals surface area contributed by atoms with E-state index >= 15 is 0 Å². The van der Waals surface area contributed by atoms with Crippen molar-refractivity contribution in [2.75, 3.05) is 12.4 Å². The Kier molecular flexibility index (Phi) is 6.01. The van der Waals surface area contributed by atoms with Crippen molar-refractivity contribution in [3.05, 3.63) is 71.3 Å². The summed E-state index contributed by atoms with van der Waals surface area (Å²) in [6, 6.07) is 15.3. The topological polar surface area (TPSA) is 74.6 Å². The number of nitrogens with zero attached hydrogens (tertiary/aromatic N) is 3. The van der Waals surface area contributed by atoms with Gasteiger partial charge in [-0.25, -0.2) is 9.37 Å². The van der Waals surface area contributed by atoms with Crippen LogP contribution in [0.25, 0.3) is 12.2 Å². The maximum absolute atomic E-state index is 12.9. The summed E-state index contributed by atoms with van der Waals surface area (Å²) in [6.07, 6.45) is 3.62. The monoisotopic (exact) mass is 366 g/mol. The highest BCUT2D eigenvalue weighted by Crippen LogP contribution is 2.16. The maximum Gasteiger partial charge on any atom is 0.208 e. The van der Waals surface area contributed by atoms with Gasteiger partial charge in [-0.05, 0) is 48.0 Å². The van der Waals surface area contributed by atoms with E-state index in [0.29, 0.717) is 28.9 Å². The van der Waals surface area contributed by atoms with E-state index < -0.39 is 0 Å². The molecule has 3 rings (SSSR count). The molecule has 0 saturated carbocycles. The Morgan fingerprint density at radius 2 is 1.88 bits per heavy atom. The second-order valence-corrected chi connectivity index (χ2v) is 6.28. The van der Waals surface area contributed by atoms with Crippen molar-refractivity contribution in [2.45, 2.75) is 5.16 Å². The third-order valence-corrected chi connectivity index (χ3v) is 4.16. The first-order chi connectivity index (χ1) is 12.7. The molecule has 0 saturated heterocycles. The van der Waals surface area contributed by atoms with Gasteiger partial charge in [-0.15, -0.1) is 5.10 Å². The first-order valence-electron chi connectivity index (χ1n) is 7.85. The summed E-state index contributed by atoms with van der Waals surface area (Å²) >= 11 is 1.48. The number of hydrogen-bond donors (Lipinski definition) is 1. The van der Waals surface area contributed by atoms with Crippen molar-refractivity contribution in [3.63, 3.8) is 0 Å². The Morgan fingerprint density at radius 1 is 1.12 bits per heavy atom. The minimum Gasteiger partial charge on any atom is -0.493 e. The van der Waals surface area contributed by atoms with Gasteiger partial charge in [-0.2, -0.15) is 5.26 Å². The zero-order valence-electron chi connectivity index (χ0n) is 13.7. The normalized spacial score (nSPS) is 10.8. The molecule has 130 valence electrons. The minimum absolute atomic E-state index is 0.260. The fraction of sp³-hybridized carbons (Fsp3) is 0.105. The lowest BCUT2D eigenvalue weighted by Crippen LogP contribution is -2.00. The number of rotatable bonds is 7. The van der Waals surface area contributed by atoms with E-state index in [-0.39, 0.29) is 5.82 Å². The number of aromatic amines is 1. The van der Waals surface area contributed by atoms with Crippen LogP contribution >= 0.6 is 11.8 Å². The number of halogens is 1. The van der Waals surface area contributed by atoms with Crippen molar-refractivity contribution in [1.29, 1.82) is 5.26 Å². The molecule has 26 heavy (non-hydrogen) atoms. The molecule has 2 aromatic carbocycles. The summed E-state index contributed by atoms with van der Waals surface area (Å²) in [5.74, 6) is 1.79. The molecule has 3 aromatic rings.